The molecule has 0 radical (unpaired) electrons. The van der Waals surface area contributed by atoms with Crippen LogP contribution < -0.4 is 15.0 Å². The monoisotopic (exact) mass is 392 g/mol. The van der Waals surface area contributed by atoms with Gasteiger partial charge in [0, 0.05) is 25.0 Å². The number of fused-ring (bicyclic) bond motifs is 1. The van der Waals surface area contributed by atoms with Gasteiger partial charge >= 0.3 is 0 Å². The molecule has 1 amide bonds. The molecule has 150 valence electrons. The van der Waals surface area contributed by atoms with Crippen LogP contribution in [0.2, 0.25) is 0 Å². The number of amides is 1. The summed E-state index contributed by atoms with van der Waals surface area (Å²) in [5.41, 5.74) is 3.08. The number of hydrogen-bond acceptors (Lipinski definition) is 5. The number of aromatic nitrogens is 2. The van der Waals surface area contributed by atoms with Crippen molar-refractivity contribution in [3.05, 3.63) is 72.6 Å². The number of anilines is 1. The molecule has 2 atom stereocenters. The van der Waals surface area contributed by atoms with Crippen LogP contribution in [0.15, 0.2) is 67.0 Å². The van der Waals surface area contributed by atoms with Crippen LogP contribution in [0.3, 0.4) is 0 Å². The van der Waals surface area contributed by atoms with Gasteiger partial charge in [-0.2, -0.15) is 5.10 Å². The Bertz CT molecular complexity index is 956. The van der Waals surface area contributed by atoms with Crippen LogP contribution in [0.5, 0.6) is 5.75 Å². The van der Waals surface area contributed by atoms with Crippen LogP contribution in [0.25, 0.3) is 5.69 Å². The average Bonchev–Trinajstić information content (AvgIpc) is 3.29. The Morgan fingerprint density at radius 1 is 1.24 bits per heavy atom. The number of carbonyl (C=O) groups is 1. The third kappa shape index (κ3) is 4.25. The number of nitrogens with zero attached hydrogens (tertiary/aromatic N) is 3. The number of rotatable bonds is 6. The maximum Gasteiger partial charge on any atom is 0.263 e. The van der Waals surface area contributed by atoms with Gasteiger partial charge in [0.05, 0.1) is 24.5 Å². The summed E-state index contributed by atoms with van der Waals surface area (Å²) in [5, 5.41) is 16.2. The lowest BCUT2D eigenvalue weighted by Crippen LogP contribution is -2.51. The van der Waals surface area contributed by atoms with Gasteiger partial charge in [-0.25, -0.2) is 4.68 Å². The molecule has 2 aromatic carbocycles. The first-order valence-corrected chi connectivity index (χ1v) is 9.65. The average molecular weight is 392 g/mol. The van der Waals surface area contributed by atoms with Crippen molar-refractivity contribution < 1.29 is 14.6 Å². The largest absolute Gasteiger partial charge is 0.477 e. The Hall–Kier alpha value is -3.32. The molecule has 0 saturated heterocycles. The molecule has 2 heterocycles. The third-order valence-electron chi connectivity index (χ3n) is 4.90. The van der Waals surface area contributed by atoms with Crippen molar-refractivity contribution in [2.75, 3.05) is 18.1 Å². The zero-order valence-electron chi connectivity index (χ0n) is 16.2. The topological polar surface area (TPSA) is 79.6 Å². The number of hydrogen-bond donors (Lipinski definition) is 2. The number of carbonyl (C=O) groups excluding carboxylic acids is 1. The summed E-state index contributed by atoms with van der Waals surface area (Å²) in [6.45, 7) is 2.73. The molecule has 7 heteroatoms. The third-order valence-corrected chi connectivity index (χ3v) is 4.90. The molecule has 1 unspecified atom stereocenters. The molecule has 1 aromatic heterocycles. The van der Waals surface area contributed by atoms with E-state index in [4.69, 9.17) is 4.74 Å². The van der Waals surface area contributed by atoms with Gasteiger partial charge in [-0.1, -0.05) is 24.3 Å². The highest BCUT2D eigenvalue weighted by atomic mass is 16.5. The van der Waals surface area contributed by atoms with Crippen LogP contribution in [0, 0.1) is 0 Å². The minimum atomic E-state index is -0.637. The maximum absolute atomic E-state index is 12.6. The molecule has 7 nitrogen and oxygen atoms in total. The normalized spacial score (nSPS) is 16.6. The second-order valence-corrected chi connectivity index (χ2v) is 7.16. The van der Waals surface area contributed by atoms with Crippen molar-refractivity contribution >= 4 is 11.6 Å². The van der Waals surface area contributed by atoms with E-state index in [2.05, 4.69) is 27.4 Å². The molecule has 0 spiro atoms. The van der Waals surface area contributed by atoms with Crippen molar-refractivity contribution in [1.29, 1.82) is 0 Å². The van der Waals surface area contributed by atoms with E-state index in [1.807, 2.05) is 53.3 Å². The summed E-state index contributed by atoms with van der Waals surface area (Å²) in [4.78, 5) is 14.7. The van der Waals surface area contributed by atoms with Gasteiger partial charge in [0.1, 0.15) is 5.75 Å². The lowest BCUT2D eigenvalue weighted by molar-refractivity contribution is -0.128. The fourth-order valence-corrected chi connectivity index (χ4v) is 3.37. The Labute approximate surface area is 169 Å². The van der Waals surface area contributed by atoms with Gasteiger partial charge in [0.15, 0.2) is 6.10 Å². The lowest BCUT2D eigenvalue weighted by atomic mass is 10.1. The number of nitrogens with one attached hydrogen (secondary N) is 1. The van der Waals surface area contributed by atoms with Gasteiger partial charge < -0.3 is 20.1 Å². The number of aliphatic hydroxyl groups is 1. The first-order valence-electron chi connectivity index (χ1n) is 9.65. The first kappa shape index (κ1) is 19.0. The van der Waals surface area contributed by atoms with E-state index < -0.39 is 6.10 Å². The van der Waals surface area contributed by atoms with Gasteiger partial charge in [-0.3, -0.25) is 4.79 Å². The summed E-state index contributed by atoms with van der Waals surface area (Å²) >= 11 is 0. The minimum absolute atomic E-state index is 0.110. The van der Waals surface area contributed by atoms with Crippen molar-refractivity contribution in [1.82, 2.24) is 15.1 Å². The maximum atomic E-state index is 12.6. The minimum Gasteiger partial charge on any atom is -0.477 e. The first-order chi connectivity index (χ1) is 14.1. The molecule has 1 aliphatic rings. The fourth-order valence-electron chi connectivity index (χ4n) is 3.37. The SMILES string of the molecule is C[C@@H](CO)NC(=O)C1CN(Cc2ccc(-n3cccn3)cc2)c2ccccc2O1. The van der Waals surface area contributed by atoms with E-state index in [1.165, 1.54) is 0 Å². The van der Waals surface area contributed by atoms with E-state index >= 15 is 0 Å². The van der Waals surface area contributed by atoms with Crippen LogP contribution in [0.4, 0.5) is 5.69 Å². The summed E-state index contributed by atoms with van der Waals surface area (Å²) in [6, 6.07) is 17.5. The second-order valence-electron chi connectivity index (χ2n) is 7.16. The van der Waals surface area contributed by atoms with E-state index in [1.54, 1.807) is 13.1 Å². The van der Waals surface area contributed by atoms with Crippen molar-refractivity contribution in [3.8, 4) is 11.4 Å². The molecule has 0 fully saturated rings. The molecule has 3 aromatic rings. The van der Waals surface area contributed by atoms with Crippen LogP contribution in [0.1, 0.15) is 12.5 Å². The molecule has 0 aliphatic carbocycles. The Morgan fingerprint density at radius 2 is 2.03 bits per heavy atom. The van der Waals surface area contributed by atoms with E-state index in [-0.39, 0.29) is 18.6 Å². The second kappa shape index (κ2) is 8.36. The van der Waals surface area contributed by atoms with E-state index in [9.17, 15) is 9.90 Å². The number of ether oxygens (including phenoxy) is 1. The van der Waals surface area contributed by atoms with Gasteiger partial charge in [-0.15, -0.1) is 0 Å². The number of benzene rings is 2. The quantitative estimate of drug-likeness (QED) is 0.672. The molecular formula is C22H24N4O3. The van der Waals surface area contributed by atoms with Gasteiger partial charge in [-0.05, 0) is 42.8 Å². The van der Waals surface area contributed by atoms with Gasteiger partial charge in [0.25, 0.3) is 5.91 Å². The van der Waals surface area contributed by atoms with Crippen LogP contribution in [-0.2, 0) is 11.3 Å². The van der Waals surface area contributed by atoms with Crippen molar-refractivity contribution in [2.45, 2.75) is 25.6 Å². The molecule has 4 rings (SSSR count). The summed E-state index contributed by atoms with van der Waals surface area (Å²) in [5.74, 6) is 0.462. The highest BCUT2D eigenvalue weighted by Crippen LogP contribution is 2.34. The molecule has 0 bridgehead atoms. The van der Waals surface area contributed by atoms with E-state index in [0.717, 1.165) is 16.9 Å². The highest BCUT2D eigenvalue weighted by molar-refractivity contribution is 5.83. The Balaban J connectivity index is 1.53. The lowest BCUT2D eigenvalue weighted by Gasteiger charge is -2.36. The Kier molecular flexibility index (Phi) is 5.48. The molecule has 0 saturated carbocycles. The molecule has 2 N–H and O–H groups in total. The van der Waals surface area contributed by atoms with Crippen LogP contribution >= 0.6 is 0 Å². The summed E-state index contributed by atoms with van der Waals surface area (Å²) < 4.78 is 7.74. The molecule has 29 heavy (non-hydrogen) atoms. The summed E-state index contributed by atoms with van der Waals surface area (Å²) in [6.07, 6.45) is 3.02. The van der Waals surface area contributed by atoms with Crippen LogP contribution in [-0.4, -0.2) is 46.1 Å². The number of aliphatic hydroxyl groups excluding tert-OH is 1. The predicted octanol–water partition coefficient (Wildman–Crippen LogP) is 2.14. The number of para-hydroxylation sites is 2. The summed E-state index contributed by atoms with van der Waals surface area (Å²) in [7, 11) is 0. The highest BCUT2D eigenvalue weighted by Gasteiger charge is 2.31. The smallest absolute Gasteiger partial charge is 0.263 e. The van der Waals surface area contributed by atoms with Crippen molar-refractivity contribution in [2.24, 2.45) is 0 Å². The molecular weight excluding hydrogens is 368 g/mol. The molecule has 1 aliphatic heterocycles. The van der Waals surface area contributed by atoms with Crippen molar-refractivity contribution in [3.63, 3.8) is 0 Å². The van der Waals surface area contributed by atoms with E-state index in [0.29, 0.717) is 18.8 Å². The zero-order valence-corrected chi connectivity index (χ0v) is 16.2. The standard InChI is InChI=1S/C22H24N4O3/c1-16(15-27)24-22(28)21-14-25(19-5-2-3-6-20(19)29-21)13-17-7-9-18(10-8-17)26-12-4-11-23-26/h2-12,16,21,27H,13-15H2,1H3,(H,24,28)/t16-,21?/m0/s1. The predicted molar refractivity (Wildman–Crippen MR) is 110 cm³/mol. The zero-order chi connectivity index (χ0) is 20.2. The fraction of sp³-hybridized carbons (Fsp3) is 0.273. The Morgan fingerprint density at radius 3 is 2.76 bits per heavy atom. The van der Waals surface area contributed by atoms with Gasteiger partial charge in [0.2, 0.25) is 0 Å².